The highest BCUT2D eigenvalue weighted by molar-refractivity contribution is 5.95. The summed E-state index contributed by atoms with van der Waals surface area (Å²) in [6.45, 7) is 2.67. The second-order valence-corrected chi connectivity index (χ2v) is 8.83. The topological polar surface area (TPSA) is 120 Å². The Morgan fingerprint density at radius 3 is 1.89 bits per heavy atom. The van der Waals surface area contributed by atoms with Gasteiger partial charge in [0, 0.05) is 12.1 Å². The first-order valence-corrected chi connectivity index (χ1v) is 12.2. The second kappa shape index (κ2) is 17.2. The Kier molecular flexibility index (Phi) is 14.8. The van der Waals surface area contributed by atoms with Crippen molar-refractivity contribution < 1.29 is 9.59 Å². The predicted octanol–water partition coefficient (Wildman–Crippen LogP) is 3.77. The van der Waals surface area contributed by atoms with Crippen molar-refractivity contribution in [2.75, 3.05) is 6.54 Å². The number of nitrogens with two attached hydrogens (primary N) is 1. The molecule has 7 nitrogen and oxygen atoms in total. The summed E-state index contributed by atoms with van der Waals surface area (Å²) >= 11 is 0. The van der Waals surface area contributed by atoms with Gasteiger partial charge in [0.15, 0.2) is 0 Å². The maximum atomic E-state index is 13.1. The molecule has 2 atom stereocenters. The molecule has 0 aliphatic heterocycles. The zero-order chi connectivity index (χ0) is 25.8. The number of carbonyl (C=O) groups excluding carboxylic acids is 2. The molecule has 0 fully saturated rings. The molecule has 0 heterocycles. The number of hydrogen-bond donors (Lipinski definition) is 5. The average Bonchev–Trinajstić information content (AvgIpc) is 2.90. The minimum absolute atomic E-state index is 0. The number of halogens is 2. The third-order valence-electron chi connectivity index (χ3n) is 6.01. The Hall–Kier alpha value is -3.39. The van der Waals surface area contributed by atoms with Gasteiger partial charge in [-0.05, 0) is 49.4 Å². The Bertz CT molecular complexity index is 1130. The lowest BCUT2D eigenvalue weighted by molar-refractivity contribution is -0.129. The molecule has 9 heteroatoms. The summed E-state index contributed by atoms with van der Waals surface area (Å²) < 4.78 is 0. The fourth-order valence-electron chi connectivity index (χ4n) is 3.84. The van der Waals surface area contributed by atoms with E-state index in [1.807, 2.05) is 48.5 Å². The predicted molar refractivity (Wildman–Crippen MR) is 158 cm³/mol. The van der Waals surface area contributed by atoms with E-state index in [0.717, 1.165) is 18.4 Å². The number of nitrogens with one attached hydrogen (secondary N) is 4. The van der Waals surface area contributed by atoms with E-state index >= 15 is 0 Å². The standard InChI is InChI=1S/C29H35N5O2.2ClH/c1-21(28(35)33-20-24-12-15-25(16-13-24)27(30)31)34-29(36)26(17-14-22-8-4-2-5-9-22)32-19-18-23-10-6-3-7-11-23;;/h2-13,15-16,21,26,32H,14,17-20H2,1H3,(H3,30,31)(H,33,35)(H,34,36);2*1H/t21-,26+;;/m0../s1. The number of amides is 2. The molecule has 0 aliphatic carbocycles. The van der Waals surface area contributed by atoms with E-state index in [2.05, 4.69) is 40.2 Å². The first-order valence-electron chi connectivity index (χ1n) is 12.2. The second-order valence-electron chi connectivity index (χ2n) is 8.83. The van der Waals surface area contributed by atoms with Crippen molar-refractivity contribution >= 4 is 42.5 Å². The Morgan fingerprint density at radius 2 is 1.34 bits per heavy atom. The highest BCUT2D eigenvalue weighted by Gasteiger charge is 2.22. The molecule has 0 radical (unpaired) electrons. The van der Waals surface area contributed by atoms with Crippen LogP contribution >= 0.6 is 24.8 Å². The molecule has 3 rings (SSSR count). The summed E-state index contributed by atoms with van der Waals surface area (Å²) in [6.07, 6.45) is 2.20. The van der Waals surface area contributed by atoms with Crippen LogP contribution in [0.2, 0.25) is 0 Å². The van der Waals surface area contributed by atoms with Crippen LogP contribution < -0.4 is 21.7 Å². The first-order chi connectivity index (χ1) is 17.4. The van der Waals surface area contributed by atoms with Gasteiger partial charge in [-0.1, -0.05) is 84.9 Å². The van der Waals surface area contributed by atoms with Crippen LogP contribution in [-0.2, 0) is 29.0 Å². The lowest BCUT2D eigenvalue weighted by Crippen LogP contribution is -2.52. The Labute approximate surface area is 237 Å². The van der Waals surface area contributed by atoms with Gasteiger partial charge in [-0.15, -0.1) is 24.8 Å². The number of hydrogen-bond acceptors (Lipinski definition) is 4. The molecule has 0 aliphatic rings. The molecule has 0 aromatic heterocycles. The third-order valence-corrected chi connectivity index (χ3v) is 6.01. The number of nitrogen functional groups attached to an aromatic ring is 1. The van der Waals surface area contributed by atoms with Crippen molar-refractivity contribution in [3.63, 3.8) is 0 Å². The Morgan fingerprint density at radius 1 is 0.789 bits per heavy atom. The average molecular weight is 559 g/mol. The van der Waals surface area contributed by atoms with Crippen LogP contribution in [0.4, 0.5) is 0 Å². The quantitative estimate of drug-likeness (QED) is 0.162. The minimum Gasteiger partial charge on any atom is -0.384 e. The van der Waals surface area contributed by atoms with Crippen LogP contribution in [0.5, 0.6) is 0 Å². The van der Waals surface area contributed by atoms with Crippen molar-refractivity contribution in [2.24, 2.45) is 5.73 Å². The van der Waals surface area contributed by atoms with Gasteiger partial charge in [0.25, 0.3) is 0 Å². The zero-order valence-electron chi connectivity index (χ0n) is 21.5. The normalized spacial score (nSPS) is 11.7. The van der Waals surface area contributed by atoms with E-state index in [1.54, 1.807) is 19.1 Å². The van der Waals surface area contributed by atoms with Crippen LogP contribution in [0.3, 0.4) is 0 Å². The lowest BCUT2D eigenvalue weighted by Gasteiger charge is -2.21. The van der Waals surface area contributed by atoms with E-state index < -0.39 is 12.1 Å². The monoisotopic (exact) mass is 557 g/mol. The van der Waals surface area contributed by atoms with Crippen molar-refractivity contribution in [2.45, 2.75) is 44.8 Å². The molecule has 6 N–H and O–H groups in total. The summed E-state index contributed by atoms with van der Waals surface area (Å²) in [7, 11) is 0. The molecule has 0 bridgehead atoms. The lowest BCUT2D eigenvalue weighted by atomic mass is 10.0. The number of amidine groups is 1. The van der Waals surface area contributed by atoms with Crippen LogP contribution in [0.25, 0.3) is 0 Å². The van der Waals surface area contributed by atoms with Crippen molar-refractivity contribution in [3.8, 4) is 0 Å². The van der Waals surface area contributed by atoms with Gasteiger partial charge in [0.05, 0.1) is 6.04 Å². The van der Waals surface area contributed by atoms with Crippen LogP contribution in [-0.4, -0.2) is 36.3 Å². The van der Waals surface area contributed by atoms with Gasteiger partial charge in [0.1, 0.15) is 11.9 Å². The highest BCUT2D eigenvalue weighted by Crippen LogP contribution is 2.07. The van der Waals surface area contributed by atoms with Crippen LogP contribution in [0.1, 0.15) is 35.6 Å². The molecule has 3 aromatic rings. The first kappa shape index (κ1) is 32.6. The molecule has 0 saturated heterocycles. The molecule has 38 heavy (non-hydrogen) atoms. The SMILES string of the molecule is C[C@H](NC(=O)[C@@H](CCc1ccccc1)NCCc1ccccc1)C(=O)NCc1ccc(C(=N)N)cc1.Cl.Cl. The maximum absolute atomic E-state index is 13.1. The van der Waals surface area contributed by atoms with Crippen LogP contribution in [0, 0.1) is 5.41 Å². The Balaban J connectivity index is 0.00000361. The third kappa shape index (κ3) is 10.9. The van der Waals surface area contributed by atoms with E-state index in [0.29, 0.717) is 25.1 Å². The highest BCUT2D eigenvalue weighted by atomic mass is 35.5. The molecular weight excluding hydrogens is 521 g/mol. The van der Waals surface area contributed by atoms with Gasteiger partial charge in [0.2, 0.25) is 11.8 Å². The molecular formula is C29H37Cl2N5O2. The fraction of sp³-hybridized carbons (Fsp3) is 0.276. The van der Waals surface area contributed by atoms with Gasteiger partial charge >= 0.3 is 0 Å². The van der Waals surface area contributed by atoms with E-state index in [4.69, 9.17) is 11.1 Å². The molecule has 0 unspecified atom stereocenters. The van der Waals surface area contributed by atoms with Gasteiger partial charge in [-0.2, -0.15) is 0 Å². The molecule has 0 saturated carbocycles. The summed E-state index contributed by atoms with van der Waals surface area (Å²) in [4.78, 5) is 25.7. The van der Waals surface area contributed by atoms with Gasteiger partial charge in [-0.3, -0.25) is 15.0 Å². The van der Waals surface area contributed by atoms with Crippen LogP contribution in [0.15, 0.2) is 84.9 Å². The largest absolute Gasteiger partial charge is 0.384 e. The van der Waals surface area contributed by atoms with Crippen molar-refractivity contribution in [3.05, 3.63) is 107 Å². The van der Waals surface area contributed by atoms with E-state index in [9.17, 15) is 9.59 Å². The minimum atomic E-state index is -0.677. The number of rotatable bonds is 13. The van der Waals surface area contributed by atoms with Gasteiger partial charge in [-0.25, -0.2) is 0 Å². The maximum Gasteiger partial charge on any atom is 0.242 e. The number of carbonyl (C=O) groups is 2. The van der Waals surface area contributed by atoms with E-state index in [1.165, 1.54) is 11.1 Å². The summed E-state index contributed by atoms with van der Waals surface area (Å²) in [6, 6.07) is 26.2. The molecule has 204 valence electrons. The molecule has 0 spiro atoms. The van der Waals surface area contributed by atoms with Crippen molar-refractivity contribution in [1.29, 1.82) is 5.41 Å². The summed E-state index contributed by atoms with van der Waals surface area (Å²) in [5.74, 6) is -0.446. The molecule has 2 amide bonds. The zero-order valence-corrected chi connectivity index (χ0v) is 23.1. The number of aryl methyl sites for hydroxylation is 1. The van der Waals surface area contributed by atoms with Crippen molar-refractivity contribution in [1.82, 2.24) is 16.0 Å². The summed E-state index contributed by atoms with van der Waals surface area (Å²) in [5.41, 5.74) is 9.37. The molecule has 3 aromatic carbocycles. The number of benzene rings is 3. The van der Waals surface area contributed by atoms with Gasteiger partial charge < -0.3 is 21.7 Å². The summed E-state index contributed by atoms with van der Waals surface area (Å²) in [5, 5.41) is 16.6. The fourth-order valence-corrected chi connectivity index (χ4v) is 3.84. The van der Waals surface area contributed by atoms with E-state index in [-0.39, 0.29) is 42.5 Å². The smallest absolute Gasteiger partial charge is 0.242 e.